The van der Waals surface area contributed by atoms with E-state index < -0.39 is 0 Å². The SMILES string of the molecule is COc1cc(NC2CCN(CC=C(C)C)CC2)ccc1Cl. The minimum atomic E-state index is 0.527. The molecule has 0 amide bonds. The van der Waals surface area contributed by atoms with Crippen molar-refractivity contribution in [2.45, 2.75) is 32.7 Å². The van der Waals surface area contributed by atoms with Crippen molar-refractivity contribution in [1.29, 1.82) is 0 Å². The molecule has 1 aromatic carbocycles. The van der Waals surface area contributed by atoms with Crippen LogP contribution in [0, 0.1) is 0 Å². The Labute approximate surface area is 132 Å². The zero-order chi connectivity index (χ0) is 15.2. The summed E-state index contributed by atoms with van der Waals surface area (Å²) in [6.07, 6.45) is 4.64. The Morgan fingerprint density at radius 2 is 2.10 bits per heavy atom. The molecule has 1 saturated heterocycles. The van der Waals surface area contributed by atoms with Gasteiger partial charge in [0.2, 0.25) is 0 Å². The maximum Gasteiger partial charge on any atom is 0.139 e. The van der Waals surface area contributed by atoms with Gasteiger partial charge in [-0.2, -0.15) is 0 Å². The lowest BCUT2D eigenvalue weighted by Gasteiger charge is -2.32. The lowest BCUT2D eigenvalue weighted by molar-refractivity contribution is 0.240. The molecule has 1 aliphatic rings. The first-order valence-corrected chi connectivity index (χ1v) is 7.92. The maximum atomic E-state index is 6.05. The van der Waals surface area contributed by atoms with Crippen molar-refractivity contribution >= 4 is 17.3 Å². The number of ether oxygens (including phenoxy) is 1. The molecule has 1 N–H and O–H groups in total. The summed E-state index contributed by atoms with van der Waals surface area (Å²) in [7, 11) is 1.65. The van der Waals surface area contributed by atoms with Crippen molar-refractivity contribution in [2.24, 2.45) is 0 Å². The largest absolute Gasteiger partial charge is 0.495 e. The molecule has 1 aromatic rings. The Hall–Kier alpha value is -1.19. The number of hydrogen-bond donors (Lipinski definition) is 1. The van der Waals surface area contributed by atoms with Gasteiger partial charge in [0.05, 0.1) is 12.1 Å². The average Bonchev–Trinajstić information content (AvgIpc) is 2.48. The number of benzene rings is 1. The van der Waals surface area contributed by atoms with Gasteiger partial charge in [0, 0.05) is 37.4 Å². The number of nitrogens with zero attached hydrogens (tertiary/aromatic N) is 1. The molecule has 0 unspecified atom stereocenters. The molecule has 0 saturated carbocycles. The second kappa shape index (κ2) is 7.71. The Kier molecular flexibility index (Phi) is 5.95. The van der Waals surface area contributed by atoms with Gasteiger partial charge in [0.15, 0.2) is 0 Å². The molecule has 0 aliphatic carbocycles. The highest BCUT2D eigenvalue weighted by Crippen LogP contribution is 2.28. The summed E-state index contributed by atoms with van der Waals surface area (Å²) in [5, 5.41) is 4.24. The quantitative estimate of drug-likeness (QED) is 0.825. The molecule has 0 radical (unpaired) electrons. The molecule has 21 heavy (non-hydrogen) atoms. The smallest absolute Gasteiger partial charge is 0.139 e. The summed E-state index contributed by atoms with van der Waals surface area (Å²) < 4.78 is 5.26. The van der Waals surface area contributed by atoms with Gasteiger partial charge >= 0.3 is 0 Å². The van der Waals surface area contributed by atoms with Crippen molar-refractivity contribution in [3.63, 3.8) is 0 Å². The van der Waals surface area contributed by atoms with Crippen molar-refractivity contribution in [2.75, 3.05) is 32.1 Å². The minimum Gasteiger partial charge on any atom is -0.495 e. The van der Waals surface area contributed by atoms with E-state index in [0.29, 0.717) is 11.1 Å². The van der Waals surface area contributed by atoms with Crippen molar-refractivity contribution in [3.05, 3.63) is 34.9 Å². The number of hydrogen-bond acceptors (Lipinski definition) is 3. The van der Waals surface area contributed by atoms with Crippen LogP contribution in [0.1, 0.15) is 26.7 Å². The van der Waals surface area contributed by atoms with Gasteiger partial charge < -0.3 is 10.1 Å². The lowest BCUT2D eigenvalue weighted by atomic mass is 10.0. The fourth-order valence-corrected chi connectivity index (χ4v) is 2.75. The number of allylic oxidation sites excluding steroid dienone is 1. The molecule has 0 bridgehead atoms. The third-order valence-corrected chi connectivity index (χ3v) is 4.18. The van der Waals surface area contributed by atoms with Crippen LogP contribution in [0.15, 0.2) is 29.8 Å². The molecule has 0 atom stereocenters. The van der Waals surface area contributed by atoms with E-state index in [9.17, 15) is 0 Å². The van der Waals surface area contributed by atoms with E-state index in [4.69, 9.17) is 16.3 Å². The van der Waals surface area contributed by atoms with Crippen LogP contribution in [0.4, 0.5) is 5.69 Å². The maximum absolute atomic E-state index is 6.05. The zero-order valence-electron chi connectivity index (χ0n) is 13.2. The Morgan fingerprint density at radius 1 is 1.38 bits per heavy atom. The molecular formula is C17H25ClN2O. The van der Waals surface area contributed by atoms with Crippen LogP contribution in [-0.2, 0) is 0 Å². The summed E-state index contributed by atoms with van der Waals surface area (Å²) in [5.74, 6) is 0.725. The number of rotatable bonds is 5. The topological polar surface area (TPSA) is 24.5 Å². The molecule has 1 heterocycles. The zero-order valence-corrected chi connectivity index (χ0v) is 13.9. The summed E-state index contributed by atoms with van der Waals surface area (Å²) in [5.41, 5.74) is 2.47. The highest BCUT2D eigenvalue weighted by Gasteiger charge is 2.18. The van der Waals surface area contributed by atoms with E-state index in [-0.39, 0.29) is 0 Å². The first kappa shape index (κ1) is 16.2. The van der Waals surface area contributed by atoms with Crippen LogP contribution >= 0.6 is 11.6 Å². The van der Waals surface area contributed by atoms with Crippen molar-refractivity contribution < 1.29 is 4.74 Å². The number of piperidine rings is 1. The van der Waals surface area contributed by atoms with Crippen LogP contribution in [0.25, 0.3) is 0 Å². The third-order valence-electron chi connectivity index (χ3n) is 3.87. The van der Waals surface area contributed by atoms with Crippen LogP contribution in [0.3, 0.4) is 0 Å². The standard InChI is InChI=1S/C17H25ClN2O/c1-13(2)6-9-20-10-7-14(8-11-20)19-15-4-5-16(18)17(12-15)21-3/h4-6,12,14,19H,7-11H2,1-3H3. The molecule has 4 heteroatoms. The highest BCUT2D eigenvalue weighted by molar-refractivity contribution is 6.32. The van der Waals surface area contributed by atoms with E-state index >= 15 is 0 Å². The van der Waals surface area contributed by atoms with Gasteiger partial charge in [-0.25, -0.2) is 0 Å². The Bertz CT molecular complexity index is 490. The summed E-state index contributed by atoms with van der Waals surface area (Å²) in [4.78, 5) is 2.51. The van der Waals surface area contributed by atoms with E-state index in [1.54, 1.807) is 7.11 Å². The van der Waals surface area contributed by atoms with Crippen LogP contribution in [-0.4, -0.2) is 37.7 Å². The van der Waals surface area contributed by atoms with Gasteiger partial charge in [-0.1, -0.05) is 23.3 Å². The predicted octanol–water partition coefficient (Wildman–Crippen LogP) is 4.19. The Morgan fingerprint density at radius 3 is 2.71 bits per heavy atom. The summed E-state index contributed by atoms with van der Waals surface area (Å²) in [6, 6.07) is 6.39. The fourth-order valence-electron chi connectivity index (χ4n) is 2.56. The highest BCUT2D eigenvalue weighted by atomic mass is 35.5. The average molecular weight is 309 g/mol. The van der Waals surface area contributed by atoms with E-state index in [0.717, 1.165) is 31.1 Å². The fraction of sp³-hybridized carbons (Fsp3) is 0.529. The van der Waals surface area contributed by atoms with E-state index in [1.807, 2.05) is 18.2 Å². The number of nitrogens with one attached hydrogen (secondary N) is 1. The van der Waals surface area contributed by atoms with Crippen molar-refractivity contribution in [3.8, 4) is 5.75 Å². The van der Waals surface area contributed by atoms with Gasteiger partial charge in [-0.05, 0) is 38.8 Å². The minimum absolute atomic E-state index is 0.527. The lowest BCUT2D eigenvalue weighted by Crippen LogP contribution is -2.39. The first-order valence-electron chi connectivity index (χ1n) is 7.54. The number of likely N-dealkylation sites (tertiary alicyclic amines) is 1. The number of methoxy groups -OCH3 is 1. The van der Waals surface area contributed by atoms with Crippen LogP contribution in [0.2, 0.25) is 5.02 Å². The van der Waals surface area contributed by atoms with E-state index in [2.05, 4.69) is 30.1 Å². The number of halogens is 1. The first-order chi connectivity index (χ1) is 10.1. The molecular weight excluding hydrogens is 284 g/mol. The van der Waals surface area contributed by atoms with Crippen LogP contribution in [0.5, 0.6) is 5.75 Å². The van der Waals surface area contributed by atoms with Crippen molar-refractivity contribution in [1.82, 2.24) is 4.90 Å². The van der Waals surface area contributed by atoms with E-state index in [1.165, 1.54) is 18.4 Å². The molecule has 0 aromatic heterocycles. The second-order valence-electron chi connectivity index (χ2n) is 5.85. The molecule has 2 rings (SSSR count). The molecule has 116 valence electrons. The summed E-state index contributed by atoms with van der Waals surface area (Å²) in [6.45, 7) is 7.67. The number of anilines is 1. The van der Waals surface area contributed by atoms with Gasteiger partial charge in [-0.15, -0.1) is 0 Å². The predicted molar refractivity (Wildman–Crippen MR) is 90.5 cm³/mol. The Balaban J connectivity index is 1.84. The molecule has 3 nitrogen and oxygen atoms in total. The second-order valence-corrected chi connectivity index (χ2v) is 6.26. The van der Waals surface area contributed by atoms with Gasteiger partial charge in [0.1, 0.15) is 5.75 Å². The normalized spacial score (nSPS) is 16.6. The van der Waals surface area contributed by atoms with Gasteiger partial charge in [-0.3, -0.25) is 4.90 Å². The summed E-state index contributed by atoms with van der Waals surface area (Å²) >= 11 is 6.05. The van der Waals surface area contributed by atoms with Gasteiger partial charge in [0.25, 0.3) is 0 Å². The molecule has 1 fully saturated rings. The molecule has 1 aliphatic heterocycles. The molecule has 0 spiro atoms. The van der Waals surface area contributed by atoms with Crippen LogP contribution < -0.4 is 10.1 Å². The third kappa shape index (κ3) is 4.94. The monoisotopic (exact) mass is 308 g/mol.